The molecule has 1 atom stereocenters. The zero-order valence-corrected chi connectivity index (χ0v) is 12.1. The van der Waals surface area contributed by atoms with E-state index in [-0.39, 0.29) is 6.10 Å². The van der Waals surface area contributed by atoms with E-state index in [4.69, 9.17) is 4.74 Å². The van der Waals surface area contributed by atoms with Gasteiger partial charge in [-0.3, -0.25) is 0 Å². The second-order valence-electron chi connectivity index (χ2n) is 5.15. The molecule has 1 aromatic heterocycles. The first-order valence-corrected chi connectivity index (χ1v) is 6.52. The first-order chi connectivity index (χ1) is 8.49. The van der Waals surface area contributed by atoms with Crippen LogP contribution in [0.15, 0.2) is 18.3 Å². The van der Waals surface area contributed by atoms with Crippen molar-refractivity contribution in [2.45, 2.75) is 39.3 Å². The average molecular weight is 251 g/mol. The molecule has 4 heteroatoms. The van der Waals surface area contributed by atoms with Crippen LogP contribution in [0.1, 0.15) is 27.2 Å². The van der Waals surface area contributed by atoms with Crippen LogP contribution < -0.4 is 10.1 Å². The van der Waals surface area contributed by atoms with Crippen LogP contribution in [0.2, 0.25) is 0 Å². The summed E-state index contributed by atoms with van der Waals surface area (Å²) in [5.41, 5.74) is 0. The molecule has 0 spiro atoms. The van der Waals surface area contributed by atoms with Crippen LogP contribution in [0, 0.1) is 0 Å². The molecule has 1 rings (SSSR count). The average Bonchev–Trinajstić information content (AvgIpc) is 2.28. The third-order valence-corrected chi connectivity index (χ3v) is 2.53. The van der Waals surface area contributed by atoms with Crippen LogP contribution in [0.4, 0.5) is 5.82 Å². The molecule has 0 aliphatic carbocycles. The highest BCUT2D eigenvalue weighted by atomic mass is 16.5. The molecule has 1 heterocycles. The van der Waals surface area contributed by atoms with Gasteiger partial charge in [0.2, 0.25) is 0 Å². The maximum absolute atomic E-state index is 5.74. The lowest BCUT2D eigenvalue weighted by atomic mass is 10.2. The Balaban J connectivity index is 2.60. The smallest absolute Gasteiger partial charge is 0.168 e. The summed E-state index contributed by atoms with van der Waals surface area (Å²) in [4.78, 5) is 6.53. The van der Waals surface area contributed by atoms with E-state index in [2.05, 4.69) is 36.2 Å². The molecule has 4 nitrogen and oxygen atoms in total. The summed E-state index contributed by atoms with van der Waals surface area (Å²) >= 11 is 0. The minimum absolute atomic E-state index is 0.159. The molecule has 0 amide bonds. The molecule has 102 valence electrons. The van der Waals surface area contributed by atoms with Gasteiger partial charge in [0.15, 0.2) is 11.6 Å². The Hall–Kier alpha value is -1.29. The molecule has 1 unspecified atom stereocenters. The van der Waals surface area contributed by atoms with E-state index in [0.717, 1.165) is 24.5 Å². The minimum atomic E-state index is 0.159. The first kappa shape index (κ1) is 14.8. The van der Waals surface area contributed by atoms with Crippen molar-refractivity contribution in [1.29, 1.82) is 0 Å². The SMILES string of the molecule is CC(CCN(C)C)Nc1ncccc1OC(C)C. The van der Waals surface area contributed by atoms with Crippen LogP contribution in [0.5, 0.6) is 5.75 Å². The number of rotatable bonds is 7. The Kier molecular flexibility index (Phi) is 5.92. The fraction of sp³-hybridized carbons (Fsp3) is 0.643. The van der Waals surface area contributed by atoms with Gasteiger partial charge in [0.25, 0.3) is 0 Å². The fourth-order valence-electron chi connectivity index (χ4n) is 1.61. The summed E-state index contributed by atoms with van der Waals surface area (Å²) in [6, 6.07) is 4.22. The summed E-state index contributed by atoms with van der Waals surface area (Å²) in [5.74, 6) is 1.65. The lowest BCUT2D eigenvalue weighted by Gasteiger charge is -2.19. The molecule has 0 saturated heterocycles. The Morgan fingerprint density at radius 2 is 2.06 bits per heavy atom. The monoisotopic (exact) mass is 251 g/mol. The quantitative estimate of drug-likeness (QED) is 0.808. The summed E-state index contributed by atoms with van der Waals surface area (Å²) < 4.78 is 5.74. The predicted molar refractivity (Wildman–Crippen MR) is 76.3 cm³/mol. The second-order valence-corrected chi connectivity index (χ2v) is 5.15. The van der Waals surface area contributed by atoms with Gasteiger partial charge in [0, 0.05) is 12.2 Å². The summed E-state index contributed by atoms with van der Waals surface area (Å²) in [6.07, 6.45) is 3.02. The van der Waals surface area contributed by atoms with E-state index < -0.39 is 0 Å². The minimum Gasteiger partial charge on any atom is -0.487 e. The van der Waals surface area contributed by atoms with Crippen molar-refractivity contribution in [2.24, 2.45) is 0 Å². The van der Waals surface area contributed by atoms with Gasteiger partial charge < -0.3 is 15.0 Å². The van der Waals surface area contributed by atoms with Crippen molar-refractivity contribution < 1.29 is 4.74 Å². The summed E-state index contributed by atoms with van der Waals surface area (Å²) in [6.45, 7) is 7.26. The summed E-state index contributed by atoms with van der Waals surface area (Å²) in [5, 5.41) is 3.41. The molecule has 0 radical (unpaired) electrons. The van der Waals surface area contributed by atoms with Crippen molar-refractivity contribution in [3.63, 3.8) is 0 Å². The molecule has 0 aromatic carbocycles. The highest BCUT2D eigenvalue weighted by molar-refractivity contribution is 5.50. The normalized spacial score (nSPS) is 12.8. The number of anilines is 1. The fourth-order valence-corrected chi connectivity index (χ4v) is 1.61. The van der Waals surface area contributed by atoms with Crippen molar-refractivity contribution in [1.82, 2.24) is 9.88 Å². The zero-order valence-electron chi connectivity index (χ0n) is 12.1. The summed E-state index contributed by atoms with van der Waals surface area (Å²) in [7, 11) is 4.17. The van der Waals surface area contributed by atoms with E-state index in [1.165, 1.54) is 0 Å². The second kappa shape index (κ2) is 7.21. The highest BCUT2D eigenvalue weighted by Gasteiger charge is 2.09. The predicted octanol–water partition coefficient (Wildman–Crippen LogP) is 2.62. The number of hydrogen-bond donors (Lipinski definition) is 1. The third-order valence-electron chi connectivity index (χ3n) is 2.53. The molecule has 0 aliphatic heterocycles. The molecule has 0 fully saturated rings. The van der Waals surface area contributed by atoms with Gasteiger partial charge in [-0.2, -0.15) is 0 Å². The Bertz CT molecular complexity index is 353. The topological polar surface area (TPSA) is 37.4 Å². The standard InChI is InChI=1S/C14H25N3O/c1-11(2)18-13-7-6-9-15-14(13)16-12(3)8-10-17(4)5/h6-7,9,11-12H,8,10H2,1-5H3,(H,15,16). The lowest BCUT2D eigenvalue weighted by Crippen LogP contribution is -2.23. The van der Waals surface area contributed by atoms with Crippen LogP contribution in [0.25, 0.3) is 0 Å². The number of hydrogen-bond acceptors (Lipinski definition) is 4. The van der Waals surface area contributed by atoms with Crippen molar-refractivity contribution in [3.8, 4) is 5.75 Å². The molecule has 18 heavy (non-hydrogen) atoms. The Labute approximate surface area is 110 Å². The van der Waals surface area contributed by atoms with Gasteiger partial charge in [-0.1, -0.05) is 0 Å². The maximum atomic E-state index is 5.74. The molecule has 0 bridgehead atoms. The molecule has 1 aromatic rings. The molecule has 0 aliphatic rings. The van der Waals surface area contributed by atoms with E-state index in [0.29, 0.717) is 6.04 Å². The number of ether oxygens (including phenoxy) is 1. The molecule has 0 saturated carbocycles. The van der Waals surface area contributed by atoms with Gasteiger partial charge in [-0.05, 0) is 60.0 Å². The number of nitrogens with one attached hydrogen (secondary N) is 1. The van der Waals surface area contributed by atoms with Crippen LogP contribution >= 0.6 is 0 Å². The van der Waals surface area contributed by atoms with Crippen LogP contribution in [-0.2, 0) is 0 Å². The Morgan fingerprint density at radius 1 is 1.33 bits per heavy atom. The van der Waals surface area contributed by atoms with Crippen molar-refractivity contribution in [2.75, 3.05) is 26.0 Å². The van der Waals surface area contributed by atoms with Crippen molar-refractivity contribution in [3.05, 3.63) is 18.3 Å². The molecular formula is C14H25N3O. The van der Waals surface area contributed by atoms with E-state index in [1.54, 1.807) is 6.20 Å². The van der Waals surface area contributed by atoms with Crippen LogP contribution in [-0.4, -0.2) is 42.7 Å². The van der Waals surface area contributed by atoms with Crippen molar-refractivity contribution >= 4 is 5.82 Å². The first-order valence-electron chi connectivity index (χ1n) is 6.52. The molecule has 1 N–H and O–H groups in total. The molecular weight excluding hydrogens is 226 g/mol. The van der Waals surface area contributed by atoms with Gasteiger partial charge in [-0.25, -0.2) is 4.98 Å². The zero-order chi connectivity index (χ0) is 13.5. The number of aromatic nitrogens is 1. The van der Waals surface area contributed by atoms with E-state index in [1.807, 2.05) is 26.0 Å². The van der Waals surface area contributed by atoms with E-state index >= 15 is 0 Å². The number of pyridine rings is 1. The van der Waals surface area contributed by atoms with Crippen LogP contribution in [0.3, 0.4) is 0 Å². The number of nitrogens with zero attached hydrogens (tertiary/aromatic N) is 2. The van der Waals surface area contributed by atoms with Gasteiger partial charge in [0.1, 0.15) is 0 Å². The van der Waals surface area contributed by atoms with Gasteiger partial charge in [0.05, 0.1) is 6.10 Å². The van der Waals surface area contributed by atoms with Gasteiger partial charge >= 0.3 is 0 Å². The highest BCUT2D eigenvalue weighted by Crippen LogP contribution is 2.23. The largest absolute Gasteiger partial charge is 0.487 e. The third kappa shape index (κ3) is 5.36. The van der Waals surface area contributed by atoms with Gasteiger partial charge in [-0.15, -0.1) is 0 Å². The maximum Gasteiger partial charge on any atom is 0.168 e. The van der Waals surface area contributed by atoms with E-state index in [9.17, 15) is 0 Å². The Morgan fingerprint density at radius 3 is 2.67 bits per heavy atom. The lowest BCUT2D eigenvalue weighted by molar-refractivity contribution is 0.242.